The number of rotatable bonds is 80. The zero-order valence-corrected chi connectivity index (χ0v) is 67.6. The summed E-state index contributed by atoms with van der Waals surface area (Å²) in [5.74, 6) is 6.91. The Morgan fingerprint density at radius 1 is 0.277 bits per heavy atom. The first kappa shape index (κ1) is 94.5. The van der Waals surface area contributed by atoms with Gasteiger partial charge in [-0.3, -0.25) is 28.0 Å². The number of esters is 3. The Morgan fingerprint density at radius 2 is 0.521 bits per heavy atom. The molecule has 0 aliphatic heterocycles. The molecule has 0 bridgehead atoms. The maximum absolute atomic E-state index is 13.0. The van der Waals surface area contributed by atoms with Crippen LogP contribution in [0.2, 0.25) is 0 Å². The van der Waals surface area contributed by atoms with Crippen molar-refractivity contribution in [3.05, 3.63) is 0 Å². The third kappa shape index (κ3) is 72.3. The molecule has 0 heterocycles. The van der Waals surface area contributed by atoms with Gasteiger partial charge in [-0.15, -0.1) is 0 Å². The van der Waals surface area contributed by atoms with Crippen molar-refractivity contribution in [2.75, 3.05) is 134 Å². The molecule has 0 aliphatic carbocycles. The number of carbonyl (C=O) groups is 3. The van der Waals surface area contributed by atoms with Gasteiger partial charge in [-0.05, 0) is 137 Å². The second kappa shape index (κ2) is 77.7. The average molecular weight is 1460 g/mol. The van der Waals surface area contributed by atoms with Crippen molar-refractivity contribution < 1.29 is 46.7 Å². The van der Waals surface area contributed by atoms with Crippen LogP contribution >= 0.6 is 72.6 Å². The highest BCUT2D eigenvalue weighted by atomic mass is 33.1. The summed E-state index contributed by atoms with van der Waals surface area (Å²) < 4.78 is 46.0. The normalized spacial score (nSPS) is 11.9. The van der Waals surface area contributed by atoms with Crippen molar-refractivity contribution in [3.63, 3.8) is 0 Å². The quantitative estimate of drug-likeness (QED) is 0.0188. The minimum absolute atomic E-state index is 0.116. The van der Waals surface area contributed by atoms with Crippen LogP contribution in [0.5, 0.6) is 0 Å². The molecule has 0 N–H and O–H groups in total. The molecule has 13 nitrogen and oxygen atoms in total. The SMILES string of the molecule is CCCCCCCCCCSSCCCCCCOC(=O)CCN(CCCCCCOP(=O)(OCC)OCC)CCCN(C)CCCN(CCC(=O)OCCCCCCSSCCCCCCCCCC)CCC(=O)OCCCCCCSSCCCCCCCCCC. The zero-order valence-electron chi connectivity index (χ0n) is 61.8. The third-order valence-electron chi connectivity index (χ3n) is 16.8. The molecule has 0 aliphatic rings. The number of hydrogen-bond donors (Lipinski definition) is 0. The topological polar surface area (TPSA) is 133 Å². The first-order valence-electron chi connectivity index (χ1n) is 39.0. The summed E-state index contributed by atoms with van der Waals surface area (Å²) in [5.41, 5.74) is 0. The number of hydrogen-bond acceptors (Lipinski definition) is 19. The van der Waals surface area contributed by atoms with Crippen molar-refractivity contribution in [2.24, 2.45) is 0 Å². The molecule has 0 unspecified atom stereocenters. The van der Waals surface area contributed by atoms with Gasteiger partial charge in [-0.25, -0.2) is 4.57 Å². The molecule has 0 aromatic carbocycles. The largest absolute Gasteiger partial charge is 0.474 e. The molecule has 0 spiro atoms. The van der Waals surface area contributed by atoms with E-state index in [1.165, 1.54) is 227 Å². The molecule has 0 saturated carbocycles. The molecule has 0 aromatic heterocycles. The molecule has 0 rings (SSSR count). The van der Waals surface area contributed by atoms with Crippen LogP contribution in [0.25, 0.3) is 0 Å². The van der Waals surface area contributed by atoms with Gasteiger partial charge in [0.25, 0.3) is 0 Å². The van der Waals surface area contributed by atoms with Gasteiger partial charge in [0.1, 0.15) is 0 Å². The van der Waals surface area contributed by atoms with E-state index in [-0.39, 0.29) is 31.1 Å². The Morgan fingerprint density at radius 3 is 0.819 bits per heavy atom. The standard InChI is InChI=1S/C74H148N3O10PS6/c1-7-12-15-18-21-24-32-43-66-89-92-69-46-35-29-39-62-82-72(78)51-59-76(56-38-27-28-42-65-87-88(81,85-10-4)86-11-5)57-49-54-75(6)55-50-58-77(60-52-73(79)83-63-40-30-36-47-70-93-90-67-44-33-25-22-19-16-13-8-2)61-53-74(80)84-64-41-31-37-48-71-94-91-68-45-34-26-23-20-17-14-9-3/h7-71H2,1-6H3. The highest BCUT2D eigenvalue weighted by Crippen LogP contribution is 2.49. The molecule has 0 fully saturated rings. The molecule has 20 heteroatoms. The molecule has 560 valence electrons. The number of ether oxygens (including phenoxy) is 3. The predicted molar refractivity (Wildman–Crippen MR) is 420 cm³/mol. The molecule has 0 saturated heterocycles. The Bertz CT molecular complexity index is 1580. The third-order valence-corrected chi connectivity index (χ3v) is 26.1. The van der Waals surface area contributed by atoms with E-state index >= 15 is 0 Å². The van der Waals surface area contributed by atoms with Crippen LogP contribution in [0, 0.1) is 0 Å². The van der Waals surface area contributed by atoms with Gasteiger partial charge in [0.05, 0.1) is 58.9 Å². The van der Waals surface area contributed by atoms with Crippen LogP contribution in [-0.4, -0.2) is 166 Å². The predicted octanol–water partition coefficient (Wildman–Crippen LogP) is 23.1. The molecule has 0 aromatic rings. The summed E-state index contributed by atoms with van der Waals surface area (Å²) >= 11 is 0. The second-order valence-corrected chi connectivity index (χ2v) is 35.5. The highest BCUT2D eigenvalue weighted by molar-refractivity contribution is 8.77. The van der Waals surface area contributed by atoms with Crippen LogP contribution < -0.4 is 0 Å². The van der Waals surface area contributed by atoms with Crippen molar-refractivity contribution in [3.8, 4) is 0 Å². The summed E-state index contributed by atoms with van der Waals surface area (Å²) in [6.45, 7) is 18.8. The van der Waals surface area contributed by atoms with E-state index in [1.807, 2.05) is 64.8 Å². The van der Waals surface area contributed by atoms with E-state index in [0.717, 1.165) is 110 Å². The Hall–Kier alpha value is 0.500. The zero-order chi connectivity index (χ0) is 68.4. The van der Waals surface area contributed by atoms with Gasteiger partial charge in [0, 0.05) is 54.2 Å². The lowest BCUT2D eigenvalue weighted by Gasteiger charge is -2.25. The van der Waals surface area contributed by atoms with E-state index in [0.29, 0.717) is 65.3 Å². The lowest BCUT2D eigenvalue weighted by molar-refractivity contribution is -0.145. The fourth-order valence-electron chi connectivity index (χ4n) is 10.9. The molecule has 0 radical (unpaired) electrons. The fourth-order valence-corrected chi connectivity index (χ4v) is 19.0. The van der Waals surface area contributed by atoms with Crippen LogP contribution in [0.1, 0.15) is 324 Å². The molecular weight excluding hydrogens is 1310 g/mol. The van der Waals surface area contributed by atoms with E-state index in [1.54, 1.807) is 13.8 Å². The monoisotopic (exact) mass is 1460 g/mol. The number of unbranched alkanes of at least 4 members (excludes halogenated alkanes) is 33. The smallest absolute Gasteiger partial charge is 0.466 e. The summed E-state index contributed by atoms with van der Waals surface area (Å²) in [6.07, 6.45) is 52.7. The molecular formula is C74H148N3O10PS6. The maximum Gasteiger partial charge on any atom is 0.474 e. The number of carbonyl (C=O) groups excluding carboxylic acids is 3. The Labute approximate surface area is 604 Å². The van der Waals surface area contributed by atoms with E-state index in [9.17, 15) is 18.9 Å². The Kier molecular flexibility index (Phi) is 78.1. The summed E-state index contributed by atoms with van der Waals surface area (Å²) in [7, 11) is 10.8. The van der Waals surface area contributed by atoms with Crippen LogP contribution in [0.4, 0.5) is 0 Å². The second-order valence-electron chi connectivity index (χ2n) is 25.7. The van der Waals surface area contributed by atoms with Gasteiger partial charge in [-0.1, -0.05) is 272 Å². The summed E-state index contributed by atoms with van der Waals surface area (Å²) in [6, 6.07) is 0. The Balaban J connectivity index is 5.04. The molecule has 0 amide bonds. The van der Waals surface area contributed by atoms with Gasteiger partial charge < -0.3 is 28.9 Å². The fraction of sp³-hybridized carbons (Fsp3) is 0.959. The van der Waals surface area contributed by atoms with Crippen LogP contribution in [0.3, 0.4) is 0 Å². The van der Waals surface area contributed by atoms with E-state index in [2.05, 4.69) is 42.5 Å². The molecule has 0 atom stereocenters. The van der Waals surface area contributed by atoms with Crippen molar-refractivity contribution in [1.82, 2.24) is 14.7 Å². The molecule has 94 heavy (non-hydrogen) atoms. The summed E-state index contributed by atoms with van der Waals surface area (Å²) in [5, 5.41) is 0. The van der Waals surface area contributed by atoms with Crippen molar-refractivity contribution >= 4 is 90.5 Å². The van der Waals surface area contributed by atoms with Gasteiger partial charge in [-0.2, -0.15) is 0 Å². The average Bonchev–Trinajstić information content (AvgIpc) is 2.84. The minimum Gasteiger partial charge on any atom is -0.466 e. The number of phosphoric acid groups is 1. The van der Waals surface area contributed by atoms with Crippen LogP contribution in [0.15, 0.2) is 0 Å². The van der Waals surface area contributed by atoms with Gasteiger partial charge >= 0.3 is 25.7 Å². The van der Waals surface area contributed by atoms with Crippen molar-refractivity contribution in [2.45, 2.75) is 324 Å². The van der Waals surface area contributed by atoms with Gasteiger partial charge in [0.2, 0.25) is 0 Å². The van der Waals surface area contributed by atoms with Crippen LogP contribution in [-0.2, 0) is 46.7 Å². The summed E-state index contributed by atoms with van der Waals surface area (Å²) in [4.78, 5) is 46.1. The van der Waals surface area contributed by atoms with E-state index < -0.39 is 7.82 Å². The lowest BCUT2D eigenvalue weighted by atomic mass is 10.1. The highest BCUT2D eigenvalue weighted by Gasteiger charge is 2.25. The van der Waals surface area contributed by atoms with Crippen molar-refractivity contribution in [1.29, 1.82) is 0 Å². The first-order valence-corrected chi connectivity index (χ1v) is 47.9. The maximum atomic E-state index is 13.0. The first-order chi connectivity index (χ1) is 46.1. The van der Waals surface area contributed by atoms with E-state index in [4.69, 9.17) is 27.8 Å². The van der Waals surface area contributed by atoms with Gasteiger partial charge in [0.15, 0.2) is 0 Å². The number of phosphoric ester groups is 1. The minimum atomic E-state index is -3.51. The lowest BCUT2D eigenvalue weighted by Crippen LogP contribution is -2.34. The number of nitrogens with zero attached hydrogens (tertiary/aromatic N) is 3.